The monoisotopic (exact) mass is 327 g/mol. The molecule has 5 nitrogen and oxygen atoms in total. The van der Waals surface area contributed by atoms with Gasteiger partial charge in [0, 0.05) is 23.6 Å². The highest BCUT2D eigenvalue weighted by molar-refractivity contribution is 5.97. The number of non-ortho nitro benzene ring substituents is 1. The van der Waals surface area contributed by atoms with Gasteiger partial charge in [-0.05, 0) is 31.0 Å². The van der Waals surface area contributed by atoms with E-state index in [1.165, 1.54) is 12.1 Å². The number of nitro benzene ring substituents is 1. The van der Waals surface area contributed by atoms with Crippen LogP contribution in [0.4, 0.5) is 5.69 Å². The Morgan fingerprint density at radius 3 is 2.29 bits per heavy atom. The summed E-state index contributed by atoms with van der Waals surface area (Å²) in [7, 11) is 0. The van der Waals surface area contributed by atoms with Gasteiger partial charge in [0.15, 0.2) is 5.78 Å². The number of hydrogen-bond donors (Lipinski definition) is 0. The maximum Gasteiger partial charge on any atom is 0.269 e. The average molecular weight is 327 g/mol. The molecule has 5 heteroatoms. The Hall–Kier alpha value is -2.53. The summed E-state index contributed by atoms with van der Waals surface area (Å²) in [5, 5.41) is 10.6. The zero-order valence-electron chi connectivity index (χ0n) is 13.8. The number of hydrogen-bond acceptors (Lipinski definition) is 4. The molecule has 0 aliphatic heterocycles. The summed E-state index contributed by atoms with van der Waals surface area (Å²) >= 11 is 0. The number of nitro groups is 1. The Balaban J connectivity index is 1.83. The van der Waals surface area contributed by atoms with Crippen molar-refractivity contribution in [2.75, 3.05) is 0 Å². The van der Waals surface area contributed by atoms with Crippen LogP contribution in [0, 0.1) is 16.0 Å². The SMILES string of the molecule is C[C@H](C[C@@H](C)C(=O)c1ccccc1)OCc1ccc([N+](=O)[O-])cc1. The normalized spacial score (nSPS) is 13.2. The Bertz CT molecular complexity index is 682. The van der Waals surface area contributed by atoms with Gasteiger partial charge >= 0.3 is 0 Å². The standard InChI is InChI=1S/C19H21NO4/c1-14(19(21)17-6-4-3-5-7-17)12-15(2)24-13-16-8-10-18(11-9-16)20(22)23/h3-11,14-15H,12-13H2,1-2H3/t14-,15-/m1/s1. The van der Waals surface area contributed by atoms with E-state index in [-0.39, 0.29) is 23.5 Å². The van der Waals surface area contributed by atoms with Gasteiger partial charge in [-0.15, -0.1) is 0 Å². The number of carbonyl (C=O) groups is 1. The molecule has 0 unspecified atom stereocenters. The maximum absolute atomic E-state index is 12.3. The Morgan fingerprint density at radius 2 is 1.71 bits per heavy atom. The van der Waals surface area contributed by atoms with Crippen LogP contribution in [0.2, 0.25) is 0 Å². The summed E-state index contributed by atoms with van der Waals surface area (Å²) in [6, 6.07) is 15.5. The van der Waals surface area contributed by atoms with Crippen LogP contribution in [0.5, 0.6) is 0 Å². The number of ketones is 1. The van der Waals surface area contributed by atoms with Crippen LogP contribution < -0.4 is 0 Å². The first-order valence-corrected chi connectivity index (χ1v) is 7.91. The molecule has 0 heterocycles. The third kappa shape index (κ3) is 4.99. The molecular formula is C19H21NO4. The predicted octanol–water partition coefficient (Wildman–Crippen LogP) is 4.41. The quantitative estimate of drug-likeness (QED) is 0.409. The molecular weight excluding hydrogens is 306 g/mol. The Kier molecular flexibility index (Phi) is 6.21. The van der Waals surface area contributed by atoms with Gasteiger partial charge in [-0.2, -0.15) is 0 Å². The van der Waals surface area contributed by atoms with E-state index in [9.17, 15) is 14.9 Å². The highest BCUT2D eigenvalue weighted by Crippen LogP contribution is 2.17. The fourth-order valence-corrected chi connectivity index (χ4v) is 2.51. The minimum absolute atomic E-state index is 0.0638. The summed E-state index contributed by atoms with van der Waals surface area (Å²) in [6.45, 7) is 4.20. The molecule has 0 aliphatic carbocycles. The van der Waals surface area contributed by atoms with E-state index in [1.807, 2.05) is 44.2 Å². The van der Waals surface area contributed by atoms with Crippen LogP contribution in [0.3, 0.4) is 0 Å². The summed E-state index contributed by atoms with van der Waals surface area (Å²) in [6.07, 6.45) is 0.545. The van der Waals surface area contributed by atoms with Gasteiger partial charge in [0.1, 0.15) is 0 Å². The van der Waals surface area contributed by atoms with Gasteiger partial charge in [0.25, 0.3) is 5.69 Å². The van der Waals surface area contributed by atoms with Crippen molar-refractivity contribution < 1.29 is 14.5 Å². The van der Waals surface area contributed by atoms with E-state index in [0.717, 1.165) is 5.56 Å². The van der Waals surface area contributed by atoms with Crippen LogP contribution in [-0.4, -0.2) is 16.8 Å². The van der Waals surface area contributed by atoms with Crippen molar-refractivity contribution in [1.82, 2.24) is 0 Å². The second-order valence-electron chi connectivity index (χ2n) is 5.91. The van der Waals surface area contributed by atoms with Crippen molar-refractivity contribution in [2.45, 2.75) is 33.0 Å². The topological polar surface area (TPSA) is 69.4 Å². The largest absolute Gasteiger partial charge is 0.374 e. The molecule has 0 spiro atoms. The number of rotatable bonds is 8. The van der Waals surface area contributed by atoms with Gasteiger partial charge in [0.2, 0.25) is 0 Å². The zero-order valence-corrected chi connectivity index (χ0v) is 13.8. The van der Waals surface area contributed by atoms with Gasteiger partial charge in [-0.1, -0.05) is 37.3 Å². The van der Waals surface area contributed by atoms with E-state index in [1.54, 1.807) is 12.1 Å². The fraction of sp³-hybridized carbons (Fsp3) is 0.316. The summed E-state index contributed by atoms with van der Waals surface area (Å²) in [4.78, 5) is 22.5. The minimum atomic E-state index is -0.426. The van der Waals surface area contributed by atoms with Crippen LogP contribution in [0.25, 0.3) is 0 Å². The van der Waals surface area contributed by atoms with Crippen LogP contribution in [0.15, 0.2) is 54.6 Å². The van der Waals surface area contributed by atoms with Crippen molar-refractivity contribution in [2.24, 2.45) is 5.92 Å². The van der Waals surface area contributed by atoms with Gasteiger partial charge in [0.05, 0.1) is 17.6 Å². The molecule has 2 rings (SSSR count). The minimum Gasteiger partial charge on any atom is -0.374 e. The number of carbonyl (C=O) groups excluding carboxylic acids is 1. The third-order valence-electron chi connectivity index (χ3n) is 3.87. The first-order chi connectivity index (χ1) is 11.5. The summed E-state index contributed by atoms with van der Waals surface area (Å²) in [5.41, 5.74) is 1.65. The van der Waals surface area contributed by atoms with Crippen molar-refractivity contribution in [3.63, 3.8) is 0 Å². The van der Waals surface area contributed by atoms with E-state index in [2.05, 4.69) is 0 Å². The molecule has 126 valence electrons. The molecule has 0 bridgehead atoms. The van der Waals surface area contributed by atoms with Crippen LogP contribution in [-0.2, 0) is 11.3 Å². The lowest BCUT2D eigenvalue weighted by atomic mass is 9.94. The molecule has 24 heavy (non-hydrogen) atoms. The molecule has 0 saturated carbocycles. The molecule has 0 N–H and O–H groups in total. The zero-order chi connectivity index (χ0) is 17.5. The molecule has 0 amide bonds. The first-order valence-electron chi connectivity index (χ1n) is 7.91. The highest BCUT2D eigenvalue weighted by atomic mass is 16.6. The summed E-state index contributed by atoms with van der Waals surface area (Å²) in [5.74, 6) is -0.0133. The maximum atomic E-state index is 12.3. The lowest BCUT2D eigenvalue weighted by Gasteiger charge is -2.17. The Labute approximate surface area is 141 Å². The average Bonchev–Trinajstić information content (AvgIpc) is 2.60. The summed E-state index contributed by atoms with van der Waals surface area (Å²) < 4.78 is 5.76. The van der Waals surface area contributed by atoms with Crippen molar-refractivity contribution >= 4 is 11.5 Å². The smallest absolute Gasteiger partial charge is 0.269 e. The Morgan fingerprint density at radius 1 is 1.08 bits per heavy atom. The number of benzene rings is 2. The van der Waals surface area contributed by atoms with E-state index in [4.69, 9.17) is 4.74 Å². The first kappa shape index (κ1) is 17.8. The van der Waals surface area contributed by atoms with Crippen molar-refractivity contribution in [3.05, 3.63) is 75.8 Å². The van der Waals surface area contributed by atoms with Gasteiger partial charge < -0.3 is 4.74 Å². The molecule has 0 radical (unpaired) electrons. The van der Waals surface area contributed by atoms with Gasteiger partial charge in [-0.25, -0.2) is 0 Å². The van der Waals surface area contributed by atoms with Crippen LogP contribution >= 0.6 is 0 Å². The lowest BCUT2D eigenvalue weighted by molar-refractivity contribution is -0.384. The molecule has 0 fully saturated rings. The molecule has 2 atom stereocenters. The second kappa shape index (κ2) is 8.36. The molecule has 2 aromatic rings. The van der Waals surface area contributed by atoms with E-state index in [0.29, 0.717) is 18.6 Å². The fourth-order valence-electron chi connectivity index (χ4n) is 2.51. The van der Waals surface area contributed by atoms with E-state index < -0.39 is 4.92 Å². The lowest BCUT2D eigenvalue weighted by Crippen LogP contribution is -2.19. The second-order valence-corrected chi connectivity index (χ2v) is 5.91. The van der Waals surface area contributed by atoms with Crippen molar-refractivity contribution in [3.8, 4) is 0 Å². The number of ether oxygens (including phenoxy) is 1. The predicted molar refractivity (Wildman–Crippen MR) is 91.9 cm³/mol. The van der Waals surface area contributed by atoms with Gasteiger partial charge in [-0.3, -0.25) is 14.9 Å². The number of Topliss-reactive ketones (excluding diaryl/α,β-unsaturated/α-hetero) is 1. The van der Waals surface area contributed by atoms with E-state index >= 15 is 0 Å². The molecule has 0 saturated heterocycles. The van der Waals surface area contributed by atoms with Crippen molar-refractivity contribution in [1.29, 1.82) is 0 Å². The third-order valence-corrected chi connectivity index (χ3v) is 3.87. The molecule has 0 aromatic heterocycles. The van der Waals surface area contributed by atoms with Crippen LogP contribution in [0.1, 0.15) is 36.2 Å². The highest BCUT2D eigenvalue weighted by Gasteiger charge is 2.18. The molecule has 0 aliphatic rings. The number of nitrogens with zero attached hydrogens (tertiary/aromatic N) is 1. The molecule has 2 aromatic carbocycles.